The number of rotatable bonds is 7. The molecule has 8 nitrogen and oxygen atoms in total. The highest BCUT2D eigenvalue weighted by atomic mass is 32.1. The first kappa shape index (κ1) is 22.3. The van der Waals surface area contributed by atoms with E-state index in [2.05, 4.69) is 30.1 Å². The van der Waals surface area contributed by atoms with Crippen molar-refractivity contribution in [1.29, 1.82) is 0 Å². The van der Waals surface area contributed by atoms with Gasteiger partial charge in [0.25, 0.3) is 0 Å². The number of hydrogen-bond acceptors (Lipinski definition) is 7. The lowest BCUT2D eigenvalue weighted by molar-refractivity contribution is -0.154. The maximum Gasteiger partial charge on any atom is 0.422 e. The second-order valence-corrected chi connectivity index (χ2v) is 5.99. The molecule has 0 aliphatic carbocycles. The molecule has 0 fully saturated rings. The van der Waals surface area contributed by atoms with Crippen molar-refractivity contribution < 1.29 is 45.3 Å². The standard InChI is InChI=1S/C14H12F6N4O4S/c1-26-7-2-3-29-10(7)23-12(25)24-11-21-8(27-5-13(15,16)17)4-9(22-11)28-6-14(18,19)20/h2-4H,5-6H2,1H3,(H2,21,22,23,24,25). The lowest BCUT2D eigenvalue weighted by Crippen LogP contribution is -2.23. The van der Waals surface area contributed by atoms with E-state index in [4.69, 9.17) is 4.74 Å². The van der Waals surface area contributed by atoms with Gasteiger partial charge in [0.2, 0.25) is 17.7 Å². The fourth-order valence-electron chi connectivity index (χ4n) is 1.70. The van der Waals surface area contributed by atoms with Gasteiger partial charge >= 0.3 is 18.4 Å². The van der Waals surface area contributed by atoms with Crippen molar-refractivity contribution in [2.45, 2.75) is 12.4 Å². The molecule has 2 aromatic heterocycles. The number of hydrogen-bond donors (Lipinski definition) is 2. The number of amides is 2. The zero-order valence-electron chi connectivity index (χ0n) is 14.3. The average molecular weight is 446 g/mol. The molecule has 0 bridgehead atoms. The van der Waals surface area contributed by atoms with Crippen molar-refractivity contribution in [3.05, 3.63) is 17.5 Å². The minimum Gasteiger partial charge on any atom is -0.494 e. The van der Waals surface area contributed by atoms with Crippen LogP contribution in [0, 0.1) is 0 Å². The van der Waals surface area contributed by atoms with Gasteiger partial charge in [0.05, 0.1) is 13.2 Å². The molecule has 0 saturated heterocycles. The third-order valence-electron chi connectivity index (χ3n) is 2.75. The van der Waals surface area contributed by atoms with E-state index >= 15 is 0 Å². The quantitative estimate of drug-likeness (QED) is 0.623. The number of halogens is 6. The number of urea groups is 1. The predicted molar refractivity (Wildman–Crippen MR) is 88.6 cm³/mol. The molecule has 0 aliphatic heterocycles. The number of anilines is 2. The molecule has 2 amide bonds. The van der Waals surface area contributed by atoms with E-state index in [-0.39, 0.29) is 0 Å². The van der Waals surface area contributed by atoms with E-state index in [1.165, 1.54) is 7.11 Å². The van der Waals surface area contributed by atoms with Gasteiger partial charge in [-0.3, -0.25) is 10.6 Å². The number of methoxy groups -OCH3 is 1. The summed E-state index contributed by atoms with van der Waals surface area (Å²) in [5.74, 6) is -1.81. The molecule has 15 heteroatoms. The molecule has 0 atom stereocenters. The molecule has 2 N–H and O–H groups in total. The van der Waals surface area contributed by atoms with E-state index in [9.17, 15) is 31.1 Å². The minimum absolute atomic E-state index is 0.294. The molecule has 0 aliphatic rings. The van der Waals surface area contributed by atoms with Gasteiger partial charge in [0.15, 0.2) is 19.0 Å². The van der Waals surface area contributed by atoms with Gasteiger partial charge in [-0.1, -0.05) is 0 Å². The van der Waals surface area contributed by atoms with Crippen LogP contribution in [-0.4, -0.2) is 48.7 Å². The molecule has 0 unspecified atom stereocenters. The van der Waals surface area contributed by atoms with Gasteiger partial charge in [-0.15, -0.1) is 11.3 Å². The van der Waals surface area contributed by atoms with Crippen LogP contribution < -0.4 is 24.8 Å². The zero-order valence-corrected chi connectivity index (χ0v) is 15.2. The molecule has 2 rings (SSSR count). The summed E-state index contributed by atoms with van der Waals surface area (Å²) < 4.78 is 87.6. The number of alkyl halides is 6. The lowest BCUT2D eigenvalue weighted by atomic mass is 10.5. The van der Waals surface area contributed by atoms with E-state index in [0.717, 1.165) is 11.3 Å². The number of carbonyl (C=O) groups is 1. The topological polar surface area (TPSA) is 94.6 Å². The number of carbonyl (C=O) groups excluding carboxylic acids is 1. The predicted octanol–water partition coefficient (Wildman–Crippen LogP) is 4.07. The molecule has 0 spiro atoms. The summed E-state index contributed by atoms with van der Waals surface area (Å²) in [7, 11) is 1.36. The highest BCUT2D eigenvalue weighted by Crippen LogP contribution is 2.30. The number of ether oxygens (including phenoxy) is 3. The Balaban J connectivity index is 2.15. The molecule has 2 aromatic rings. The van der Waals surface area contributed by atoms with Crippen molar-refractivity contribution in [1.82, 2.24) is 9.97 Å². The minimum atomic E-state index is -4.72. The third kappa shape index (κ3) is 7.89. The second kappa shape index (κ2) is 9.02. The molecule has 0 aromatic carbocycles. The van der Waals surface area contributed by atoms with E-state index in [0.29, 0.717) is 16.8 Å². The first-order valence-electron chi connectivity index (χ1n) is 7.43. The van der Waals surface area contributed by atoms with Gasteiger partial charge in [0.1, 0.15) is 5.00 Å². The van der Waals surface area contributed by atoms with Gasteiger partial charge < -0.3 is 14.2 Å². The molecule has 0 radical (unpaired) electrons. The Bertz CT molecular complexity index is 806. The zero-order chi connectivity index (χ0) is 21.7. The Morgan fingerprint density at radius 3 is 2.07 bits per heavy atom. The maximum atomic E-state index is 12.3. The van der Waals surface area contributed by atoms with Crippen molar-refractivity contribution in [2.75, 3.05) is 31.0 Å². The summed E-state index contributed by atoms with van der Waals surface area (Å²) in [4.78, 5) is 19.0. The van der Waals surface area contributed by atoms with Crippen LogP contribution in [0.5, 0.6) is 17.5 Å². The number of nitrogens with one attached hydrogen (secondary N) is 2. The third-order valence-corrected chi connectivity index (χ3v) is 3.56. The molecule has 29 heavy (non-hydrogen) atoms. The molecule has 0 saturated carbocycles. The summed E-state index contributed by atoms with van der Waals surface area (Å²) >= 11 is 1.10. The lowest BCUT2D eigenvalue weighted by Gasteiger charge is -2.13. The number of thiophene rings is 1. The summed E-state index contributed by atoms with van der Waals surface area (Å²) in [6.45, 7) is -3.53. The van der Waals surface area contributed by atoms with Crippen molar-refractivity contribution in [2.24, 2.45) is 0 Å². The summed E-state index contributed by atoms with van der Waals surface area (Å²) in [6.07, 6.45) is -9.45. The first-order valence-corrected chi connectivity index (χ1v) is 8.31. The molecular weight excluding hydrogens is 434 g/mol. The van der Waals surface area contributed by atoms with E-state index in [1.54, 1.807) is 11.4 Å². The van der Waals surface area contributed by atoms with E-state index < -0.39 is 49.3 Å². The Kier molecular flexibility index (Phi) is 6.94. The van der Waals surface area contributed by atoms with Gasteiger partial charge in [-0.05, 0) is 11.4 Å². The summed E-state index contributed by atoms with van der Waals surface area (Å²) in [5, 5.41) is 6.33. The number of nitrogens with zero attached hydrogens (tertiary/aromatic N) is 2. The van der Waals surface area contributed by atoms with Crippen LogP contribution in [0.15, 0.2) is 17.5 Å². The Morgan fingerprint density at radius 1 is 1.03 bits per heavy atom. The van der Waals surface area contributed by atoms with Crippen LogP contribution >= 0.6 is 11.3 Å². The molecular formula is C14H12F6N4O4S. The van der Waals surface area contributed by atoms with Crippen LogP contribution in [0.2, 0.25) is 0 Å². The second-order valence-electron chi connectivity index (χ2n) is 5.07. The monoisotopic (exact) mass is 446 g/mol. The number of aromatic nitrogens is 2. The molecule has 2 heterocycles. The van der Waals surface area contributed by atoms with Gasteiger partial charge in [0, 0.05) is 0 Å². The van der Waals surface area contributed by atoms with Crippen molar-refractivity contribution >= 4 is 28.3 Å². The highest BCUT2D eigenvalue weighted by molar-refractivity contribution is 7.14. The van der Waals surface area contributed by atoms with Crippen molar-refractivity contribution in [3.63, 3.8) is 0 Å². The first-order chi connectivity index (χ1) is 13.4. The molecule has 160 valence electrons. The normalized spacial score (nSPS) is 11.7. The Hall–Kier alpha value is -2.97. The van der Waals surface area contributed by atoms with Crippen LogP contribution in [0.4, 0.5) is 42.1 Å². The van der Waals surface area contributed by atoms with Crippen LogP contribution in [0.3, 0.4) is 0 Å². The van der Waals surface area contributed by atoms with E-state index in [1.807, 2.05) is 0 Å². The highest BCUT2D eigenvalue weighted by Gasteiger charge is 2.30. The fourth-order valence-corrected chi connectivity index (χ4v) is 2.45. The summed E-state index contributed by atoms with van der Waals surface area (Å²) in [5.41, 5.74) is 0. The van der Waals surface area contributed by atoms with Crippen molar-refractivity contribution in [3.8, 4) is 17.5 Å². The van der Waals surface area contributed by atoms with Gasteiger partial charge in [-0.2, -0.15) is 36.3 Å². The maximum absolute atomic E-state index is 12.3. The Labute approximate surface area is 162 Å². The summed E-state index contributed by atoms with van der Waals surface area (Å²) in [6, 6.07) is 1.26. The SMILES string of the molecule is COc1ccsc1NC(=O)Nc1nc(OCC(F)(F)F)cc(OCC(F)(F)F)n1. The largest absolute Gasteiger partial charge is 0.494 e. The average Bonchev–Trinajstić information content (AvgIpc) is 3.04. The smallest absolute Gasteiger partial charge is 0.422 e. The Morgan fingerprint density at radius 2 is 1.59 bits per heavy atom. The van der Waals surface area contributed by atoms with Crippen LogP contribution in [-0.2, 0) is 0 Å². The van der Waals surface area contributed by atoms with Gasteiger partial charge in [-0.25, -0.2) is 4.79 Å². The fraction of sp³-hybridized carbons (Fsp3) is 0.357. The van der Waals surface area contributed by atoms with Crippen LogP contribution in [0.1, 0.15) is 0 Å². The van der Waals surface area contributed by atoms with Crippen LogP contribution in [0.25, 0.3) is 0 Å².